The number of hydrogen-bond acceptors (Lipinski definition) is 4. The predicted octanol–water partition coefficient (Wildman–Crippen LogP) is 2.33. The van der Waals surface area contributed by atoms with E-state index in [4.69, 9.17) is 9.47 Å². The van der Waals surface area contributed by atoms with E-state index in [0.717, 1.165) is 12.1 Å². The van der Waals surface area contributed by atoms with Gasteiger partial charge in [0.2, 0.25) is 0 Å². The van der Waals surface area contributed by atoms with Crippen LogP contribution >= 0.6 is 0 Å². The van der Waals surface area contributed by atoms with Crippen LogP contribution in [0.2, 0.25) is 0 Å². The zero-order chi connectivity index (χ0) is 14.4. The Morgan fingerprint density at radius 2 is 1.74 bits per heavy atom. The first kappa shape index (κ1) is 15.8. The molecule has 0 radical (unpaired) electrons. The summed E-state index contributed by atoms with van der Waals surface area (Å²) in [5.41, 5.74) is 0.841. The van der Waals surface area contributed by atoms with E-state index in [-0.39, 0.29) is 0 Å². The number of aliphatic hydroxyl groups is 1. The average Bonchev–Trinajstić information content (AvgIpc) is 2.36. The van der Waals surface area contributed by atoms with E-state index in [2.05, 4.69) is 18.7 Å². The third-order valence-corrected chi connectivity index (χ3v) is 2.95. The summed E-state index contributed by atoms with van der Waals surface area (Å²) in [6, 6.07) is 5.52. The monoisotopic (exact) mass is 267 g/mol. The lowest BCUT2D eigenvalue weighted by Gasteiger charge is -2.23. The van der Waals surface area contributed by atoms with E-state index < -0.39 is 6.10 Å². The molecule has 0 heterocycles. The molecule has 0 saturated carbocycles. The lowest BCUT2D eigenvalue weighted by molar-refractivity contribution is 0.121. The van der Waals surface area contributed by atoms with Crippen molar-refractivity contribution < 1.29 is 14.6 Å². The lowest BCUT2D eigenvalue weighted by atomic mass is 10.1. The number of benzene rings is 1. The molecule has 4 nitrogen and oxygen atoms in total. The Morgan fingerprint density at radius 3 is 2.26 bits per heavy atom. The van der Waals surface area contributed by atoms with E-state index >= 15 is 0 Å². The molecule has 0 aliphatic rings. The van der Waals surface area contributed by atoms with Gasteiger partial charge in [0.05, 0.1) is 20.3 Å². The van der Waals surface area contributed by atoms with Gasteiger partial charge in [-0.1, -0.05) is 19.9 Å². The van der Waals surface area contributed by atoms with E-state index in [9.17, 15) is 5.11 Å². The fraction of sp³-hybridized carbons (Fsp3) is 0.600. The minimum atomic E-state index is -0.524. The summed E-state index contributed by atoms with van der Waals surface area (Å²) in [5.74, 6) is 1.90. The Hall–Kier alpha value is -1.26. The summed E-state index contributed by atoms with van der Waals surface area (Å²) in [6.45, 7) is 5.90. The van der Waals surface area contributed by atoms with Crippen molar-refractivity contribution in [1.82, 2.24) is 4.90 Å². The standard InChI is InChI=1S/C15H25NO3/c1-11(2)9-16(3)10-13(17)12-6-7-14(18-4)15(8-12)19-5/h6-8,11,13,17H,9-10H2,1-5H3. The van der Waals surface area contributed by atoms with Gasteiger partial charge in [-0.15, -0.1) is 0 Å². The van der Waals surface area contributed by atoms with Crippen molar-refractivity contribution in [3.05, 3.63) is 23.8 Å². The summed E-state index contributed by atoms with van der Waals surface area (Å²) >= 11 is 0. The predicted molar refractivity (Wildman–Crippen MR) is 76.8 cm³/mol. The number of nitrogens with zero attached hydrogens (tertiary/aromatic N) is 1. The second-order valence-electron chi connectivity index (χ2n) is 5.25. The molecule has 1 unspecified atom stereocenters. The largest absolute Gasteiger partial charge is 0.493 e. The van der Waals surface area contributed by atoms with Gasteiger partial charge in [-0.25, -0.2) is 0 Å². The van der Waals surface area contributed by atoms with Gasteiger partial charge in [0.15, 0.2) is 11.5 Å². The minimum absolute atomic E-state index is 0.524. The van der Waals surface area contributed by atoms with Crippen LogP contribution in [0.15, 0.2) is 18.2 Å². The molecule has 0 spiro atoms. The van der Waals surface area contributed by atoms with E-state index in [1.165, 1.54) is 0 Å². The van der Waals surface area contributed by atoms with Crippen molar-refractivity contribution in [1.29, 1.82) is 0 Å². The highest BCUT2D eigenvalue weighted by molar-refractivity contribution is 5.43. The molecular formula is C15H25NO3. The molecule has 1 N–H and O–H groups in total. The van der Waals surface area contributed by atoms with Crippen molar-refractivity contribution in [2.75, 3.05) is 34.4 Å². The molecule has 0 bridgehead atoms. The van der Waals surface area contributed by atoms with Crippen molar-refractivity contribution in [2.45, 2.75) is 20.0 Å². The van der Waals surface area contributed by atoms with Gasteiger partial charge in [0, 0.05) is 13.1 Å². The van der Waals surface area contributed by atoms with Gasteiger partial charge in [0.1, 0.15) is 0 Å². The first-order chi connectivity index (χ1) is 8.97. The lowest BCUT2D eigenvalue weighted by Crippen LogP contribution is -2.28. The second-order valence-corrected chi connectivity index (χ2v) is 5.25. The molecule has 0 amide bonds. The van der Waals surface area contributed by atoms with Crippen LogP contribution in [0.25, 0.3) is 0 Å². The molecule has 1 aromatic rings. The van der Waals surface area contributed by atoms with Crippen LogP contribution < -0.4 is 9.47 Å². The molecule has 1 rings (SSSR count). The number of aliphatic hydroxyl groups excluding tert-OH is 1. The zero-order valence-electron chi connectivity index (χ0n) is 12.5. The number of ether oxygens (including phenoxy) is 2. The molecule has 0 aliphatic heterocycles. The number of likely N-dealkylation sites (N-methyl/N-ethyl adjacent to an activating group) is 1. The molecule has 4 heteroatoms. The molecule has 1 atom stereocenters. The Bertz CT molecular complexity index is 393. The van der Waals surface area contributed by atoms with Gasteiger partial charge in [-0.3, -0.25) is 0 Å². The van der Waals surface area contributed by atoms with E-state index in [1.807, 2.05) is 25.2 Å². The van der Waals surface area contributed by atoms with E-state index in [0.29, 0.717) is 24.0 Å². The first-order valence-corrected chi connectivity index (χ1v) is 6.56. The highest BCUT2D eigenvalue weighted by Crippen LogP contribution is 2.30. The normalized spacial score (nSPS) is 12.8. The third-order valence-electron chi connectivity index (χ3n) is 2.95. The summed E-state index contributed by atoms with van der Waals surface area (Å²) in [5, 5.41) is 10.2. The highest BCUT2D eigenvalue weighted by Gasteiger charge is 2.14. The molecular weight excluding hydrogens is 242 g/mol. The zero-order valence-corrected chi connectivity index (χ0v) is 12.5. The molecule has 0 aliphatic carbocycles. The SMILES string of the molecule is COc1ccc(C(O)CN(C)CC(C)C)cc1OC. The van der Waals surface area contributed by atoms with Crippen molar-refractivity contribution in [2.24, 2.45) is 5.92 Å². The smallest absolute Gasteiger partial charge is 0.161 e. The van der Waals surface area contributed by atoms with E-state index in [1.54, 1.807) is 14.2 Å². The van der Waals surface area contributed by atoms with Gasteiger partial charge < -0.3 is 19.5 Å². The number of methoxy groups -OCH3 is 2. The van der Waals surface area contributed by atoms with Gasteiger partial charge in [-0.05, 0) is 30.7 Å². The van der Waals surface area contributed by atoms with Gasteiger partial charge in [-0.2, -0.15) is 0 Å². The highest BCUT2D eigenvalue weighted by atomic mass is 16.5. The Labute approximate surface area is 115 Å². The average molecular weight is 267 g/mol. The molecule has 0 aromatic heterocycles. The van der Waals surface area contributed by atoms with Crippen LogP contribution in [0.3, 0.4) is 0 Å². The maximum Gasteiger partial charge on any atom is 0.161 e. The van der Waals surface area contributed by atoms with Crippen molar-refractivity contribution >= 4 is 0 Å². The molecule has 1 aromatic carbocycles. The molecule has 0 fully saturated rings. The Balaban J connectivity index is 2.74. The summed E-state index contributed by atoms with van der Waals surface area (Å²) in [7, 11) is 5.22. The fourth-order valence-electron chi connectivity index (χ4n) is 2.16. The number of rotatable bonds is 7. The summed E-state index contributed by atoms with van der Waals surface area (Å²) in [4.78, 5) is 2.13. The maximum absolute atomic E-state index is 10.2. The van der Waals surface area contributed by atoms with Gasteiger partial charge >= 0.3 is 0 Å². The molecule has 19 heavy (non-hydrogen) atoms. The topological polar surface area (TPSA) is 41.9 Å². The molecule has 0 saturated heterocycles. The Kier molecular flexibility index (Phi) is 6.12. The van der Waals surface area contributed by atoms with Gasteiger partial charge in [0.25, 0.3) is 0 Å². The first-order valence-electron chi connectivity index (χ1n) is 6.56. The van der Waals surface area contributed by atoms with Crippen LogP contribution in [-0.4, -0.2) is 44.4 Å². The van der Waals surface area contributed by atoms with Crippen molar-refractivity contribution in [3.8, 4) is 11.5 Å². The fourth-order valence-corrected chi connectivity index (χ4v) is 2.16. The van der Waals surface area contributed by atoms with Crippen LogP contribution in [-0.2, 0) is 0 Å². The third kappa shape index (κ3) is 4.73. The van der Waals surface area contributed by atoms with Crippen LogP contribution in [0.4, 0.5) is 0 Å². The Morgan fingerprint density at radius 1 is 1.11 bits per heavy atom. The summed E-state index contributed by atoms with van der Waals surface area (Å²) < 4.78 is 10.4. The van der Waals surface area contributed by atoms with Crippen LogP contribution in [0.1, 0.15) is 25.5 Å². The number of hydrogen-bond donors (Lipinski definition) is 1. The minimum Gasteiger partial charge on any atom is -0.493 e. The van der Waals surface area contributed by atoms with Crippen molar-refractivity contribution in [3.63, 3.8) is 0 Å². The van der Waals surface area contributed by atoms with Crippen LogP contribution in [0.5, 0.6) is 11.5 Å². The summed E-state index contributed by atoms with van der Waals surface area (Å²) in [6.07, 6.45) is -0.524. The molecule has 108 valence electrons. The van der Waals surface area contributed by atoms with Crippen LogP contribution in [0, 0.1) is 5.92 Å². The quantitative estimate of drug-likeness (QED) is 0.823. The second kappa shape index (κ2) is 7.36. The maximum atomic E-state index is 10.2.